The summed E-state index contributed by atoms with van der Waals surface area (Å²) in [6.07, 6.45) is -4.05. The van der Waals surface area contributed by atoms with Gasteiger partial charge in [-0.25, -0.2) is 4.79 Å². The van der Waals surface area contributed by atoms with Gasteiger partial charge in [0, 0.05) is 12.8 Å². The van der Waals surface area contributed by atoms with E-state index in [-0.39, 0.29) is 12.8 Å². The first-order chi connectivity index (χ1) is 15.6. The maximum atomic E-state index is 12.6. The van der Waals surface area contributed by atoms with Gasteiger partial charge in [-0.05, 0) is 19.8 Å². The van der Waals surface area contributed by atoms with Crippen molar-refractivity contribution in [3.63, 3.8) is 0 Å². The van der Waals surface area contributed by atoms with Gasteiger partial charge in [0.05, 0.1) is 18.6 Å². The number of carbonyl (C=O) groups is 7. The highest BCUT2D eigenvalue weighted by Crippen LogP contribution is 2.04. The molecule has 0 aliphatic heterocycles. The maximum absolute atomic E-state index is 12.6. The first-order valence-electron chi connectivity index (χ1n) is 9.95. The standard InChI is InChI=1S/C18H29N5O11/c1-7(24)14(23-15(30)8(19)2-4-11(20)25)17(32)21-9(3-5-12(26)27)16(31)22-10(18(33)34)6-13(28)29/h7-10,14,24H,2-6,19H2,1H3,(H2,20,25)(H,21,32)(H,22,31)(H,23,30)(H,26,27)(H,28,29)(H,33,34). The highest BCUT2D eigenvalue weighted by molar-refractivity contribution is 5.95. The zero-order valence-electron chi connectivity index (χ0n) is 18.2. The minimum absolute atomic E-state index is 0.154. The number of aliphatic hydroxyl groups excluding tert-OH is 1. The Morgan fingerprint density at radius 2 is 1.32 bits per heavy atom. The molecule has 0 spiro atoms. The van der Waals surface area contributed by atoms with Crippen LogP contribution in [0.2, 0.25) is 0 Å². The zero-order chi connectivity index (χ0) is 26.6. The molecule has 5 unspecified atom stereocenters. The number of carbonyl (C=O) groups excluding carboxylic acids is 4. The summed E-state index contributed by atoms with van der Waals surface area (Å²) in [6, 6.07) is -6.45. The van der Waals surface area contributed by atoms with Crippen LogP contribution < -0.4 is 27.4 Å². The van der Waals surface area contributed by atoms with E-state index in [2.05, 4.69) is 10.6 Å². The fourth-order valence-electron chi connectivity index (χ4n) is 2.54. The third-order valence-corrected chi connectivity index (χ3v) is 4.37. The maximum Gasteiger partial charge on any atom is 0.326 e. The average Bonchev–Trinajstić information content (AvgIpc) is 2.71. The topological polar surface area (TPSA) is 289 Å². The van der Waals surface area contributed by atoms with Gasteiger partial charge >= 0.3 is 17.9 Å². The number of hydrogen-bond donors (Lipinski definition) is 9. The summed E-state index contributed by atoms with van der Waals surface area (Å²) in [4.78, 5) is 81.0. The Labute approximate surface area is 193 Å². The zero-order valence-corrected chi connectivity index (χ0v) is 18.2. The van der Waals surface area contributed by atoms with Crippen LogP contribution in [0.5, 0.6) is 0 Å². The highest BCUT2D eigenvalue weighted by Gasteiger charge is 2.33. The van der Waals surface area contributed by atoms with Crippen molar-refractivity contribution in [2.75, 3.05) is 0 Å². The second-order valence-corrected chi connectivity index (χ2v) is 7.33. The smallest absolute Gasteiger partial charge is 0.326 e. The van der Waals surface area contributed by atoms with Crippen LogP contribution in [-0.2, 0) is 33.6 Å². The molecule has 0 bridgehead atoms. The second kappa shape index (κ2) is 14.4. The van der Waals surface area contributed by atoms with E-state index < -0.39 is 91.1 Å². The predicted octanol–water partition coefficient (Wildman–Crippen LogP) is -4.16. The van der Waals surface area contributed by atoms with E-state index in [9.17, 15) is 38.7 Å². The van der Waals surface area contributed by atoms with Gasteiger partial charge in [-0.15, -0.1) is 0 Å². The number of carboxylic acids is 3. The molecule has 0 aliphatic rings. The molecule has 0 radical (unpaired) electrons. The summed E-state index contributed by atoms with van der Waals surface area (Å²) in [5.74, 6) is -8.56. The molecule has 16 heteroatoms. The fourth-order valence-corrected chi connectivity index (χ4v) is 2.54. The van der Waals surface area contributed by atoms with Crippen LogP contribution in [0, 0.1) is 0 Å². The minimum Gasteiger partial charge on any atom is -0.481 e. The Bertz CT molecular complexity index is 801. The Balaban J connectivity index is 5.49. The van der Waals surface area contributed by atoms with Crippen molar-refractivity contribution in [2.24, 2.45) is 11.5 Å². The summed E-state index contributed by atoms with van der Waals surface area (Å²) in [5.41, 5.74) is 10.6. The minimum atomic E-state index is -1.87. The number of nitrogens with two attached hydrogens (primary N) is 2. The third kappa shape index (κ3) is 11.7. The van der Waals surface area contributed by atoms with Crippen molar-refractivity contribution >= 4 is 41.5 Å². The molecule has 4 amide bonds. The van der Waals surface area contributed by atoms with Gasteiger partial charge in [0.2, 0.25) is 23.6 Å². The van der Waals surface area contributed by atoms with E-state index in [4.69, 9.17) is 26.8 Å². The molecule has 11 N–H and O–H groups in total. The average molecular weight is 491 g/mol. The van der Waals surface area contributed by atoms with Crippen LogP contribution in [-0.4, -0.2) is 92.2 Å². The fraction of sp³-hybridized carbons (Fsp3) is 0.611. The molecule has 0 aromatic rings. The van der Waals surface area contributed by atoms with Gasteiger partial charge in [-0.3, -0.25) is 28.8 Å². The van der Waals surface area contributed by atoms with Crippen LogP contribution in [0.4, 0.5) is 0 Å². The quantitative estimate of drug-likeness (QED) is 0.0993. The van der Waals surface area contributed by atoms with E-state index in [1.807, 2.05) is 5.32 Å². The normalized spacial score (nSPS) is 15.0. The lowest BCUT2D eigenvalue weighted by molar-refractivity contribution is -0.147. The number of hydrogen-bond acceptors (Lipinski definition) is 9. The van der Waals surface area contributed by atoms with E-state index in [1.54, 1.807) is 0 Å². The molecule has 192 valence electrons. The lowest BCUT2D eigenvalue weighted by Gasteiger charge is -2.26. The first kappa shape index (κ1) is 30.2. The molecule has 0 fully saturated rings. The van der Waals surface area contributed by atoms with Crippen LogP contribution in [0.15, 0.2) is 0 Å². The number of primary amides is 1. The number of aliphatic carboxylic acids is 3. The van der Waals surface area contributed by atoms with Crippen LogP contribution in [0.25, 0.3) is 0 Å². The predicted molar refractivity (Wildman–Crippen MR) is 111 cm³/mol. The highest BCUT2D eigenvalue weighted by atomic mass is 16.4. The van der Waals surface area contributed by atoms with Crippen molar-refractivity contribution in [3.05, 3.63) is 0 Å². The molecule has 0 rings (SSSR count). The van der Waals surface area contributed by atoms with Crippen LogP contribution >= 0.6 is 0 Å². The van der Waals surface area contributed by atoms with Crippen molar-refractivity contribution in [1.82, 2.24) is 16.0 Å². The Morgan fingerprint density at radius 1 is 0.765 bits per heavy atom. The molecule has 16 nitrogen and oxygen atoms in total. The number of amides is 4. The Hall–Kier alpha value is -3.79. The molecule has 0 saturated carbocycles. The third-order valence-electron chi connectivity index (χ3n) is 4.37. The largest absolute Gasteiger partial charge is 0.481 e. The van der Waals surface area contributed by atoms with Gasteiger partial charge in [0.1, 0.15) is 18.1 Å². The number of nitrogens with one attached hydrogen (secondary N) is 3. The van der Waals surface area contributed by atoms with Gasteiger partial charge in [-0.2, -0.15) is 0 Å². The van der Waals surface area contributed by atoms with E-state index in [1.165, 1.54) is 0 Å². The second-order valence-electron chi connectivity index (χ2n) is 7.33. The summed E-state index contributed by atoms with van der Waals surface area (Å²) >= 11 is 0. The van der Waals surface area contributed by atoms with Crippen LogP contribution in [0.1, 0.15) is 39.0 Å². The summed E-state index contributed by atoms with van der Waals surface area (Å²) in [7, 11) is 0. The van der Waals surface area contributed by atoms with E-state index in [0.717, 1.165) is 6.92 Å². The first-order valence-corrected chi connectivity index (χ1v) is 9.95. The Morgan fingerprint density at radius 3 is 1.76 bits per heavy atom. The summed E-state index contributed by atoms with van der Waals surface area (Å²) in [6.45, 7) is 1.12. The molecular formula is C18H29N5O11. The molecule has 5 atom stereocenters. The number of carboxylic acid groups (broad SMARTS) is 3. The van der Waals surface area contributed by atoms with Crippen molar-refractivity contribution in [3.8, 4) is 0 Å². The molecule has 0 aliphatic carbocycles. The molecule has 0 aromatic carbocycles. The van der Waals surface area contributed by atoms with Gasteiger partial charge < -0.3 is 47.8 Å². The van der Waals surface area contributed by atoms with Gasteiger partial charge in [0.15, 0.2) is 0 Å². The van der Waals surface area contributed by atoms with Crippen molar-refractivity contribution < 1.29 is 54.0 Å². The molecule has 0 aromatic heterocycles. The lowest BCUT2D eigenvalue weighted by Crippen LogP contribution is -2.59. The lowest BCUT2D eigenvalue weighted by atomic mass is 10.1. The van der Waals surface area contributed by atoms with Crippen molar-refractivity contribution in [1.29, 1.82) is 0 Å². The summed E-state index contributed by atoms with van der Waals surface area (Å²) < 4.78 is 0. The van der Waals surface area contributed by atoms with Crippen molar-refractivity contribution in [2.45, 2.75) is 69.3 Å². The molecule has 0 heterocycles. The molecule has 34 heavy (non-hydrogen) atoms. The Kier molecular flexibility index (Phi) is 12.8. The van der Waals surface area contributed by atoms with Crippen LogP contribution in [0.3, 0.4) is 0 Å². The molecular weight excluding hydrogens is 462 g/mol. The van der Waals surface area contributed by atoms with E-state index in [0.29, 0.717) is 0 Å². The number of aliphatic hydroxyl groups is 1. The van der Waals surface area contributed by atoms with E-state index >= 15 is 0 Å². The van der Waals surface area contributed by atoms with Gasteiger partial charge in [0.25, 0.3) is 0 Å². The monoisotopic (exact) mass is 491 g/mol. The molecule has 0 saturated heterocycles. The SMILES string of the molecule is CC(O)C(NC(=O)C(N)CCC(N)=O)C(=O)NC(CCC(=O)O)C(=O)NC(CC(=O)O)C(=O)O. The summed E-state index contributed by atoms with van der Waals surface area (Å²) in [5, 5.41) is 42.7. The number of rotatable bonds is 16. The van der Waals surface area contributed by atoms with Gasteiger partial charge in [-0.1, -0.05) is 0 Å².